The quantitative estimate of drug-likeness (QED) is 0.409. The van der Waals surface area contributed by atoms with Crippen molar-refractivity contribution in [1.82, 2.24) is 19.4 Å². The normalized spacial score (nSPS) is 15.1. The zero-order valence-corrected chi connectivity index (χ0v) is 19.1. The third-order valence-corrected chi connectivity index (χ3v) is 6.60. The predicted molar refractivity (Wildman–Crippen MR) is 133 cm³/mol. The lowest BCUT2D eigenvalue weighted by molar-refractivity contribution is 0.188. The van der Waals surface area contributed by atoms with Gasteiger partial charge in [0.1, 0.15) is 5.82 Å². The van der Waals surface area contributed by atoms with Gasteiger partial charge in [-0.25, -0.2) is 9.97 Å². The molecule has 0 amide bonds. The molecule has 1 aliphatic rings. The maximum atomic E-state index is 12.9. The maximum Gasteiger partial charge on any atom is 0.261 e. The Morgan fingerprint density at radius 2 is 1.70 bits per heavy atom. The first-order valence-electron chi connectivity index (χ1n) is 11.3. The van der Waals surface area contributed by atoms with Gasteiger partial charge >= 0.3 is 0 Å². The van der Waals surface area contributed by atoms with E-state index in [2.05, 4.69) is 19.8 Å². The minimum absolute atomic E-state index is 0.0584. The van der Waals surface area contributed by atoms with Crippen molar-refractivity contribution in [2.24, 2.45) is 0 Å². The molecular formula is C26H26ClN5O. The lowest BCUT2D eigenvalue weighted by atomic mass is 10.0. The molecule has 0 spiro atoms. The van der Waals surface area contributed by atoms with Crippen LogP contribution < -0.4 is 10.5 Å². The Bertz CT molecular complexity index is 1270. The molecular weight excluding hydrogens is 434 g/mol. The summed E-state index contributed by atoms with van der Waals surface area (Å²) in [5.74, 6) is 0.920. The molecule has 168 valence electrons. The van der Waals surface area contributed by atoms with Gasteiger partial charge in [0.2, 0.25) is 0 Å². The summed E-state index contributed by atoms with van der Waals surface area (Å²) in [6.45, 7) is 3.62. The van der Waals surface area contributed by atoms with Crippen molar-refractivity contribution in [3.8, 4) is 0 Å². The van der Waals surface area contributed by atoms with Crippen LogP contribution in [-0.2, 0) is 0 Å². The fourth-order valence-electron chi connectivity index (χ4n) is 4.52. The molecule has 6 nitrogen and oxygen atoms in total. The van der Waals surface area contributed by atoms with Gasteiger partial charge in [-0.1, -0.05) is 29.8 Å². The summed E-state index contributed by atoms with van der Waals surface area (Å²) in [6, 6.07) is 21.6. The second-order valence-electron chi connectivity index (χ2n) is 8.36. The highest BCUT2D eigenvalue weighted by Gasteiger charge is 2.23. The molecule has 0 N–H and O–H groups in total. The van der Waals surface area contributed by atoms with E-state index in [1.807, 2.05) is 77.5 Å². The second kappa shape index (κ2) is 9.73. The van der Waals surface area contributed by atoms with E-state index in [0.29, 0.717) is 5.39 Å². The van der Waals surface area contributed by atoms with E-state index in [1.165, 1.54) is 0 Å². The maximum absolute atomic E-state index is 12.9. The van der Waals surface area contributed by atoms with Gasteiger partial charge in [0, 0.05) is 49.1 Å². The number of piperidine rings is 1. The van der Waals surface area contributed by atoms with Crippen LogP contribution in [0.5, 0.6) is 0 Å². The Labute approximate surface area is 198 Å². The minimum atomic E-state index is 0.0584. The third kappa shape index (κ3) is 4.77. The molecule has 1 saturated heterocycles. The number of nitrogens with zero attached hydrogens (tertiary/aromatic N) is 5. The number of fused-ring (bicyclic) bond motifs is 1. The van der Waals surface area contributed by atoms with Gasteiger partial charge in [-0.3, -0.25) is 9.36 Å². The summed E-state index contributed by atoms with van der Waals surface area (Å²) in [6.07, 6.45) is 5.41. The molecule has 0 atom stereocenters. The Balaban J connectivity index is 1.25. The summed E-state index contributed by atoms with van der Waals surface area (Å²) >= 11 is 6.10. The molecule has 0 aliphatic carbocycles. The summed E-state index contributed by atoms with van der Waals surface area (Å²) in [4.78, 5) is 26.7. The number of rotatable bonds is 6. The summed E-state index contributed by atoms with van der Waals surface area (Å²) in [5, 5.41) is 1.41. The van der Waals surface area contributed by atoms with Crippen molar-refractivity contribution in [2.75, 3.05) is 31.1 Å². The van der Waals surface area contributed by atoms with Crippen LogP contribution in [0.1, 0.15) is 18.9 Å². The van der Waals surface area contributed by atoms with Gasteiger partial charge in [0.15, 0.2) is 0 Å². The number of hydrogen-bond acceptors (Lipinski definition) is 5. The van der Waals surface area contributed by atoms with E-state index in [1.54, 1.807) is 6.33 Å². The number of hydrogen-bond donors (Lipinski definition) is 0. The molecule has 4 aromatic rings. The van der Waals surface area contributed by atoms with Crippen LogP contribution in [0.2, 0.25) is 5.02 Å². The zero-order valence-electron chi connectivity index (χ0n) is 18.3. The van der Waals surface area contributed by atoms with Gasteiger partial charge in [-0.15, -0.1) is 0 Å². The van der Waals surface area contributed by atoms with E-state index in [0.717, 1.165) is 61.1 Å². The fourth-order valence-corrected chi connectivity index (χ4v) is 4.64. The molecule has 2 aromatic carbocycles. The summed E-state index contributed by atoms with van der Waals surface area (Å²) in [7, 11) is 0. The summed E-state index contributed by atoms with van der Waals surface area (Å²) in [5.41, 5.74) is 1.89. The van der Waals surface area contributed by atoms with Crippen LogP contribution in [0, 0.1) is 0 Å². The monoisotopic (exact) mass is 459 g/mol. The van der Waals surface area contributed by atoms with Crippen molar-refractivity contribution in [2.45, 2.75) is 18.9 Å². The lowest BCUT2D eigenvalue weighted by Crippen LogP contribution is -2.40. The standard InChI is InChI=1S/C26H26ClN5O/c27-20-8-10-21(11-9-20)31(25-7-3-4-14-28-25)18-17-30-15-12-22(13-16-30)32-19-29-24-6-2-1-5-23(24)26(32)33/h1-11,14,19,22H,12-13,15-18H2. The first-order valence-corrected chi connectivity index (χ1v) is 11.7. The van der Waals surface area contributed by atoms with Crippen LogP contribution in [0.15, 0.2) is 84.0 Å². The smallest absolute Gasteiger partial charge is 0.261 e. The van der Waals surface area contributed by atoms with Crippen molar-refractivity contribution < 1.29 is 0 Å². The van der Waals surface area contributed by atoms with E-state index in [-0.39, 0.29) is 11.6 Å². The van der Waals surface area contributed by atoms with Crippen LogP contribution in [0.25, 0.3) is 10.9 Å². The Morgan fingerprint density at radius 3 is 2.45 bits per heavy atom. The van der Waals surface area contributed by atoms with Gasteiger partial charge in [-0.05, 0) is 61.4 Å². The summed E-state index contributed by atoms with van der Waals surface area (Å²) < 4.78 is 1.83. The SMILES string of the molecule is O=c1c2ccccc2ncn1C1CCN(CCN(c2ccc(Cl)cc2)c2ccccn2)CC1. The van der Waals surface area contributed by atoms with Crippen molar-refractivity contribution in [3.63, 3.8) is 0 Å². The number of pyridine rings is 1. The number of anilines is 2. The largest absolute Gasteiger partial charge is 0.325 e. The molecule has 2 aromatic heterocycles. The number of likely N-dealkylation sites (tertiary alicyclic amines) is 1. The topological polar surface area (TPSA) is 54.3 Å². The van der Waals surface area contributed by atoms with Gasteiger partial charge in [-0.2, -0.15) is 0 Å². The van der Waals surface area contributed by atoms with Crippen LogP contribution in [0.3, 0.4) is 0 Å². The molecule has 7 heteroatoms. The predicted octanol–water partition coefficient (Wildman–Crippen LogP) is 4.92. The molecule has 1 aliphatic heterocycles. The van der Waals surface area contributed by atoms with E-state index in [4.69, 9.17) is 11.6 Å². The van der Waals surface area contributed by atoms with Gasteiger partial charge < -0.3 is 9.80 Å². The molecule has 0 radical (unpaired) electrons. The van der Waals surface area contributed by atoms with E-state index >= 15 is 0 Å². The molecule has 1 fully saturated rings. The molecule has 0 unspecified atom stereocenters. The minimum Gasteiger partial charge on any atom is -0.325 e. The molecule has 3 heterocycles. The van der Waals surface area contributed by atoms with E-state index < -0.39 is 0 Å². The van der Waals surface area contributed by atoms with Crippen molar-refractivity contribution in [1.29, 1.82) is 0 Å². The number of aromatic nitrogens is 3. The Kier molecular flexibility index (Phi) is 6.37. The number of halogens is 1. The average Bonchev–Trinajstić information content (AvgIpc) is 2.87. The van der Waals surface area contributed by atoms with Crippen molar-refractivity contribution >= 4 is 34.0 Å². The average molecular weight is 460 g/mol. The molecule has 5 rings (SSSR count). The highest BCUT2D eigenvalue weighted by Crippen LogP contribution is 2.26. The van der Waals surface area contributed by atoms with Crippen molar-refractivity contribution in [3.05, 3.63) is 94.6 Å². The highest BCUT2D eigenvalue weighted by atomic mass is 35.5. The zero-order chi connectivity index (χ0) is 22.6. The number of para-hydroxylation sites is 1. The first-order chi connectivity index (χ1) is 16.2. The van der Waals surface area contributed by atoms with Crippen LogP contribution >= 0.6 is 11.6 Å². The van der Waals surface area contributed by atoms with E-state index in [9.17, 15) is 4.79 Å². The molecule has 0 saturated carbocycles. The van der Waals surface area contributed by atoms with Crippen LogP contribution in [-0.4, -0.2) is 45.6 Å². The Morgan fingerprint density at radius 1 is 0.939 bits per heavy atom. The molecule has 33 heavy (non-hydrogen) atoms. The van der Waals surface area contributed by atoms with Crippen LogP contribution in [0.4, 0.5) is 11.5 Å². The van der Waals surface area contributed by atoms with Gasteiger partial charge in [0.25, 0.3) is 5.56 Å². The fraction of sp³-hybridized carbons (Fsp3) is 0.269. The first kappa shape index (κ1) is 21.6. The second-order valence-corrected chi connectivity index (χ2v) is 8.80. The highest BCUT2D eigenvalue weighted by molar-refractivity contribution is 6.30. The number of benzene rings is 2. The van der Waals surface area contributed by atoms with Gasteiger partial charge in [0.05, 0.1) is 17.2 Å². The lowest BCUT2D eigenvalue weighted by Gasteiger charge is -2.34. The third-order valence-electron chi connectivity index (χ3n) is 6.34. The molecule has 0 bridgehead atoms. The Hall–Kier alpha value is -3.22.